The van der Waals surface area contributed by atoms with Gasteiger partial charge in [-0.25, -0.2) is 9.48 Å². The molecule has 20 heavy (non-hydrogen) atoms. The minimum absolute atomic E-state index is 0.0358. The van der Waals surface area contributed by atoms with E-state index in [0.29, 0.717) is 13.2 Å². The van der Waals surface area contributed by atoms with Crippen LogP contribution in [0.25, 0.3) is 0 Å². The third-order valence-electron chi connectivity index (χ3n) is 3.99. The van der Waals surface area contributed by atoms with Crippen molar-refractivity contribution in [2.75, 3.05) is 13.2 Å². The normalized spacial score (nSPS) is 22.7. The van der Waals surface area contributed by atoms with Crippen LogP contribution in [0.5, 0.6) is 0 Å². The molecule has 1 fully saturated rings. The van der Waals surface area contributed by atoms with Crippen LogP contribution in [0.15, 0.2) is 4.79 Å². The number of rotatable bonds is 5. The second-order valence-electron chi connectivity index (χ2n) is 5.55. The van der Waals surface area contributed by atoms with E-state index >= 15 is 0 Å². The van der Waals surface area contributed by atoms with Crippen molar-refractivity contribution < 1.29 is 9.47 Å². The number of hydrogen-bond donors (Lipinski definition) is 0. The standard InChI is InChI=1S/C14H23N3O3/c18-14-16-8-3-1-6-12(16)15-17(14)9-5-11-20-13-7-2-4-10-19-13/h13H,1-11H2. The van der Waals surface area contributed by atoms with Gasteiger partial charge in [0.2, 0.25) is 0 Å². The van der Waals surface area contributed by atoms with Gasteiger partial charge in [0.25, 0.3) is 0 Å². The van der Waals surface area contributed by atoms with Gasteiger partial charge in [0, 0.05) is 26.1 Å². The molecule has 1 aromatic heterocycles. The predicted octanol–water partition coefficient (Wildman–Crippen LogP) is 1.31. The number of aryl methyl sites for hydroxylation is 2. The van der Waals surface area contributed by atoms with Gasteiger partial charge in [0.05, 0.1) is 6.61 Å². The second-order valence-corrected chi connectivity index (χ2v) is 5.55. The van der Waals surface area contributed by atoms with Crippen LogP contribution in [0.1, 0.15) is 44.3 Å². The maximum Gasteiger partial charge on any atom is 0.345 e. The molecule has 6 heteroatoms. The van der Waals surface area contributed by atoms with Crippen molar-refractivity contribution in [3.05, 3.63) is 16.3 Å². The summed E-state index contributed by atoms with van der Waals surface area (Å²) in [5.41, 5.74) is 0.0358. The number of fused-ring (bicyclic) bond motifs is 1. The molecule has 3 rings (SSSR count). The molecular weight excluding hydrogens is 258 g/mol. The molecule has 0 radical (unpaired) electrons. The Hall–Kier alpha value is -1.14. The van der Waals surface area contributed by atoms with Gasteiger partial charge in [-0.05, 0) is 38.5 Å². The summed E-state index contributed by atoms with van der Waals surface area (Å²) in [5, 5.41) is 4.41. The molecule has 0 aliphatic carbocycles. The molecule has 0 saturated carbocycles. The Balaban J connectivity index is 1.46. The summed E-state index contributed by atoms with van der Waals surface area (Å²) in [5.74, 6) is 0.942. The minimum atomic E-state index is -0.0457. The first-order valence-electron chi connectivity index (χ1n) is 7.74. The summed E-state index contributed by atoms with van der Waals surface area (Å²) in [6.07, 6.45) is 7.20. The largest absolute Gasteiger partial charge is 0.353 e. The summed E-state index contributed by atoms with van der Waals surface area (Å²) in [6, 6.07) is 0. The number of ether oxygens (including phenoxy) is 2. The zero-order valence-electron chi connectivity index (χ0n) is 11.9. The highest BCUT2D eigenvalue weighted by molar-refractivity contribution is 4.91. The van der Waals surface area contributed by atoms with Crippen molar-refractivity contribution in [1.29, 1.82) is 0 Å². The van der Waals surface area contributed by atoms with Crippen molar-refractivity contribution in [2.45, 2.75) is 64.3 Å². The lowest BCUT2D eigenvalue weighted by molar-refractivity contribution is -0.163. The highest BCUT2D eigenvalue weighted by atomic mass is 16.7. The average Bonchev–Trinajstić information content (AvgIpc) is 2.82. The summed E-state index contributed by atoms with van der Waals surface area (Å²) < 4.78 is 14.6. The third kappa shape index (κ3) is 3.12. The van der Waals surface area contributed by atoms with Gasteiger partial charge in [0.15, 0.2) is 6.29 Å². The lowest BCUT2D eigenvalue weighted by Crippen LogP contribution is -2.28. The Morgan fingerprint density at radius 2 is 2.25 bits per heavy atom. The third-order valence-corrected chi connectivity index (χ3v) is 3.99. The van der Waals surface area contributed by atoms with Crippen LogP contribution in [0.2, 0.25) is 0 Å². The lowest BCUT2D eigenvalue weighted by atomic mass is 10.2. The van der Waals surface area contributed by atoms with E-state index in [-0.39, 0.29) is 12.0 Å². The Labute approximate surface area is 118 Å². The number of nitrogens with zero attached hydrogens (tertiary/aromatic N) is 3. The molecule has 0 amide bonds. The Morgan fingerprint density at radius 3 is 3.05 bits per heavy atom. The number of hydrogen-bond acceptors (Lipinski definition) is 4. The molecule has 1 aromatic rings. The maximum absolute atomic E-state index is 12.1. The van der Waals surface area contributed by atoms with E-state index < -0.39 is 0 Å². The Bertz CT molecular complexity index is 488. The molecule has 2 aliphatic heterocycles. The van der Waals surface area contributed by atoms with Crippen molar-refractivity contribution >= 4 is 0 Å². The van der Waals surface area contributed by atoms with Gasteiger partial charge in [0.1, 0.15) is 5.82 Å². The molecule has 0 N–H and O–H groups in total. The fourth-order valence-corrected chi connectivity index (χ4v) is 2.87. The first-order valence-corrected chi connectivity index (χ1v) is 7.74. The van der Waals surface area contributed by atoms with E-state index in [4.69, 9.17) is 9.47 Å². The fourth-order valence-electron chi connectivity index (χ4n) is 2.87. The Morgan fingerprint density at radius 1 is 1.30 bits per heavy atom. The maximum atomic E-state index is 12.1. The van der Waals surface area contributed by atoms with Crippen molar-refractivity contribution in [1.82, 2.24) is 14.3 Å². The lowest BCUT2D eigenvalue weighted by Gasteiger charge is -2.22. The minimum Gasteiger partial charge on any atom is -0.353 e. The quantitative estimate of drug-likeness (QED) is 0.764. The highest BCUT2D eigenvalue weighted by Crippen LogP contribution is 2.14. The molecule has 3 heterocycles. The summed E-state index contributed by atoms with van der Waals surface area (Å²) >= 11 is 0. The van der Waals surface area contributed by atoms with Crippen molar-refractivity contribution in [3.63, 3.8) is 0 Å². The zero-order valence-corrected chi connectivity index (χ0v) is 11.9. The highest BCUT2D eigenvalue weighted by Gasteiger charge is 2.17. The van der Waals surface area contributed by atoms with Gasteiger partial charge in [-0.2, -0.15) is 5.10 Å². The molecule has 1 unspecified atom stereocenters. The molecule has 2 aliphatic rings. The molecular formula is C14H23N3O3. The summed E-state index contributed by atoms with van der Waals surface area (Å²) in [6.45, 7) is 2.88. The number of aromatic nitrogens is 3. The summed E-state index contributed by atoms with van der Waals surface area (Å²) in [7, 11) is 0. The van der Waals surface area contributed by atoms with E-state index in [1.54, 1.807) is 4.68 Å². The van der Waals surface area contributed by atoms with Gasteiger partial charge >= 0.3 is 5.69 Å². The van der Waals surface area contributed by atoms with Crippen LogP contribution in [0.3, 0.4) is 0 Å². The zero-order chi connectivity index (χ0) is 13.8. The van der Waals surface area contributed by atoms with Gasteiger partial charge in [-0.1, -0.05) is 0 Å². The average molecular weight is 281 g/mol. The second kappa shape index (κ2) is 6.54. The smallest absolute Gasteiger partial charge is 0.345 e. The van der Waals surface area contributed by atoms with Crippen LogP contribution in [-0.2, 0) is 29.0 Å². The van der Waals surface area contributed by atoms with E-state index in [1.165, 1.54) is 6.42 Å². The molecule has 112 valence electrons. The van der Waals surface area contributed by atoms with Gasteiger partial charge in [-0.3, -0.25) is 4.57 Å². The molecule has 1 atom stereocenters. The first-order chi connectivity index (χ1) is 9.84. The topological polar surface area (TPSA) is 58.3 Å². The van der Waals surface area contributed by atoms with Crippen molar-refractivity contribution in [3.8, 4) is 0 Å². The van der Waals surface area contributed by atoms with Crippen LogP contribution in [-0.4, -0.2) is 33.9 Å². The molecule has 0 spiro atoms. The molecule has 1 saturated heterocycles. The van der Waals surface area contributed by atoms with Crippen LogP contribution < -0.4 is 5.69 Å². The van der Waals surface area contributed by atoms with Crippen LogP contribution >= 0.6 is 0 Å². The van der Waals surface area contributed by atoms with Crippen molar-refractivity contribution in [2.24, 2.45) is 0 Å². The van der Waals surface area contributed by atoms with E-state index in [0.717, 1.165) is 57.5 Å². The van der Waals surface area contributed by atoms with E-state index in [2.05, 4.69) is 5.10 Å². The SMILES string of the molecule is O=c1n(CCCOC2CCCCO2)nc2n1CCCC2. The fraction of sp³-hybridized carbons (Fsp3) is 0.857. The van der Waals surface area contributed by atoms with Gasteiger partial charge in [-0.15, -0.1) is 0 Å². The Kier molecular flexibility index (Phi) is 4.52. The monoisotopic (exact) mass is 281 g/mol. The summed E-state index contributed by atoms with van der Waals surface area (Å²) in [4.78, 5) is 12.1. The van der Waals surface area contributed by atoms with Gasteiger partial charge < -0.3 is 9.47 Å². The molecule has 0 bridgehead atoms. The first kappa shape index (κ1) is 13.8. The molecule has 0 aromatic carbocycles. The van der Waals surface area contributed by atoms with Crippen LogP contribution in [0.4, 0.5) is 0 Å². The van der Waals surface area contributed by atoms with E-state index in [9.17, 15) is 4.79 Å². The van der Waals surface area contributed by atoms with E-state index in [1.807, 2.05) is 4.57 Å². The van der Waals surface area contributed by atoms with Crippen LogP contribution in [0, 0.1) is 0 Å². The molecule has 6 nitrogen and oxygen atoms in total. The predicted molar refractivity (Wildman–Crippen MR) is 73.6 cm³/mol.